The van der Waals surface area contributed by atoms with Crippen molar-refractivity contribution in [1.29, 1.82) is 0 Å². The molecule has 0 amide bonds. The Morgan fingerprint density at radius 1 is 0.613 bits per heavy atom. The minimum Gasteiger partial charge on any atom is -0.0721 e. The average Bonchev–Trinajstić information content (AvgIpc) is 3.26. The molecule has 0 bridgehead atoms. The van der Waals surface area contributed by atoms with Crippen molar-refractivity contribution in [2.45, 2.75) is 17.8 Å². The van der Waals surface area contributed by atoms with Gasteiger partial charge >= 0.3 is 0 Å². The van der Waals surface area contributed by atoms with Gasteiger partial charge in [0, 0.05) is 11.3 Å². The van der Waals surface area contributed by atoms with E-state index in [2.05, 4.69) is 140 Å². The maximum atomic E-state index is 2.49. The first-order chi connectivity index (χ1) is 15.4. The molecule has 1 aliphatic carbocycles. The topological polar surface area (TPSA) is 0 Å². The van der Waals surface area contributed by atoms with Crippen LogP contribution in [0.3, 0.4) is 0 Å². The predicted octanol–water partition coefficient (Wildman–Crippen LogP) is 7.91. The Bertz CT molecular complexity index is 1170. The summed E-state index contributed by atoms with van der Waals surface area (Å²) in [6, 6.07) is 43.4. The summed E-state index contributed by atoms with van der Waals surface area (Å²) < 4.78 is 0. The third-order valence-electron chi connectivity index (χ3n) is 6.39. The summed E-state index contributed by atoms with van der Waals surface area (Å²) in [7, 11) is 0. The van der Waals surface area contributed by atoms with Crippen LogP contribution in [0.25, 0.3) is 11.6 Å². The molecule has 31 heavy (non-hydrogen) atoms. The van der Waals surface area contributed by atoms with E-state index in [1.807, 2.05) is 0 Å². The monoisotopic (exact) mass is 398 g/mol. The summed E-state index contributed by atoms with van der Waals surface area (Å²) in [5.41, 5.74) is 6.54. The largest absolute Gasteiger partial charge is 0.0721 e. The molecule has 1 aliphatic rings. The quantitative estimate of drug-likeness (QED) is 0.320. The maximum Gasteiger partial charge on any atom is 0.0279 e. The molecule has 0 aromatic heterocycles. The molecule has 5 rings (SSSR count). The second kappa shape index (κ2) is 8.62. The van der Waals surface area contributed by atoms with Gasteiger partial charge in [-0.1, -0.05) is 140 Å². The zero-order chi connectivity index (χ0) is 20.9. The molecule has 0 N–H and O–H groups in total. The summed E-state index contributed by atoms with van der Waals surface area (Å²) in [4.78, 5) is 0. The van der Waals surface area contributed by atoms with Crippen molar-refractivity contribution in [3.05, 3.63) is 156 Å². The molecule has 0 saturated heterocycles. The van der Waals surface area contributed by atoms with E-state index in [-0.39, 0.29) is 11.3 Å². The number of hydrogen-bond donors (Lipinski definition) is 0. The van der Waals surface area contributed by atoms with Gasteiger partial charge in [0.2, 0.25) is 0 Å². The van der Waals surface area contributed by atoms with Crippen LogP contribution < -0.4 is 0 Å². The number of hydrogen-bond acceptors (Lipinski definition) is 0. The fourth-order valence-electron chi connectivity index (χ4n) is 4.84. The van der Waals surface area contributed by atoms with Gasteiger partial charge in [0.05, 0.1) is 0 Å². The molecule has 0 radical (unpaired) electrons. The fraction of sp³-hybridized carbons (Fsp3) is 0.0968. The van der Waals surface area contributed by atoms with Gasteiger partial charge < -0.3 is 0 Å². The molecule has 0 heterocycles. The van der Waals surface area contributed by atoms with Crippen molar-refractivity contribution in [2.75, 3.05) is 0 Å². The normalized spacial score (nSPS) is 20.6. The molecular formula is C31H26. The summed E-state index contributed by atoms with van der Waals surface area (Å²) in [5, 5.41) is 0. The SMILES string of the molecule is C(=CC1(c2ccccc2)CC(c2ccccc2)=CC1c1ccccc1)c1ccccc1. The second-order valence-electron chi connectivity index (χ2n) is 8.27. The molecule has 0 spiro atoms. The van der Waals surface area contributed by atoms with Crippen LogP contribution in [0.5, 0.6) is 0 Å². The van der Waals surface area contributed by atoms with Gasteiger partial charge in [-0.15, -0.1) is 0 Å². The molecule has 4 aromatic carbocycles. The minimum atomic E-state index is -0.135. The van der Waals surface area contributed by atoms with Crippen LogP contribution in [0.2, 0.25) is 0 Å². The molecular weight excluding hydrogens is 372 g/mol. The van der Waals surface area contributed by atoms with Gasteiger partial charge in [-0.2, -0.15) is 0 Å². The first-order valence-corrected chi connectivity index (χ1v) is 11.0. The third kappa shape index (κ3) is 3.90. The van der Waals surface area contributed by atoms with E-state index in [9.17, 15) is 0 Å². The van der Waals surface area contributed by atoms with Gasteiger partial charge in [-0.25, -0.2) is 0 Å². The van der Waals surface area contributed by atoms with Crippen LogP contribution in [-0.4, -0.2) is 0 Å². The first kappa shape index (κ1) is 19.3. The van der Waals surface area contributed by atoms with Crippen LogP contribution in [0, 0.1) is 0 Å². The van der Waals surface area contributed by atoms with Crippen molar-refractivity contribution in [1.82, 2.24) is 0 Å². The van der Waals surface area contributed by atoms with Crippen LogP contribution in [0.4, 0.5) is 0 Å². The van der Waals surface area contributed by atoms with E-state index < -0.39 is 0 Å². The highest BCUT2D eigenvalue weighted by Gasteiger charge is 2.43. The maximum absolute atomic E-state index is 2.49. The Kier molecular flexibility index (Phi) is 5.37. The lowest BCUT2D eigenvalue weighted by Gasteiger charge is -2.34. The lowest BCUT2D eigenvalue weighted by molar-refractivity contribution is 0.521. The summed E-state index contributed by atoms with van der Waals surface area (Å²) in [5.74, 6) is 0.270. The van der Waals surface area contributed by atoms with E-state index in [1.165, 1.54) is 27.8 Å². The Balaban J connectivity index is 1.68. The van der Waals surface area contributed by atoms with E-state index in [1.54, 1.807) is 0 Å². The Morgan fingerprint density at radius 2 is 1.16 bits per heavy atom. The molecule has 150 valence electrons. The van der Waals surface area contributed by atoms with E-state index in [0.717, 1.165) is 6.42 Å². The highest BCUT2D eigenvalue weighted by Crippen LogP contribution is 2.53. The van der Waals surface area contributed by atoms with Crippen LogP contribution in [-0.2, 0) is 5.41 Å². The molecule has 0 heteroatoms. The van der Waals surface area contributed by atoms with Crippen molar-refractivity contribution >= 4 is 11.6 Å². The lowest BCUT2D eigenvalue weighted by Crippen LogP contribution is -2.27. The smallest absolute Gasteiger partial charge is 0.0279 e. The van der Waals surface area contributed by atoms with E-state index in [0.29, 0.717) is 0 Å². The van der Waals surface area contributed by atoms with Crippen molar-refractivity contribution < 1.29 is 0 Å². The first-order valence-electron chi connectivity index (χ1n) is 11.0. The van der Waals surface area contributed by atoms with Gasteiger partial charge in [-0.05, 0) is 34.2 Å². The summed E-state index contributed by atoms with van der Waals surface area (Å²) >= 11 is 0. The Morgan fingerprint density at radius 3 is 1.81 bits per heavy atom. The van der Waals surface area contributed by atoms with Crippen molar-refractivity contribution in [2.24, 2.45) is 0 Å². The second-order valence-corrected chi connectivity index (χ2v) is 8.27. The van der Waals surface area contributed by atoms with Gasteiger partial charge in [0.1, 0.15) is 0 Å². The summed E-state index contributed by atoms with van der Waals surface area (Å²) in [6.45, 7) is 0. The molecule has 2 atom stereocenters. The molecule has 0 saturated carbocycles. The zero-order valence-corrected chi connectivity index (χ0v) is 17.6. The standard InChI is InChI=1S/C31H26/c1-5-13-25(14-6-1)21-22-31(29-19-11-4-12-20-29)24-28(26-15-7-2-8-16-26)23-30(31)27-17-9-3-10-18-27/h1-23,30H,24H2. The molecule has 4 aromatic rings. The van der Waals surface area contributed by atoms with Crippen molar-refractivity contribution in [3.63, 3.8) is 0 Å². The number of rotatable bonds is 5. The van der Waals surface area contributed by atoms with Crippen LogP contribution in [0.15, 0.2) is 133 Å². The molecule has 2 unspecified atom stereocenters. The van der Waals surface area contributed by atoms with Crippen LogP contribution in [0.1, 0.15) is 34.6 Å². The number of allylic oxidation sites excluding steroid dienone is 3. The Hall–Kier alpha value is -3.64. The number of benzene rings is 4. The highest BCUT2D eigenvalue weighted by molar-refractivity contribution is 5.74. The Labute approximate surface area is 185 Å². The third-order valence-corrected chi connectivity index (χ3v) is 6.39. The van der Waals surface area contributed by atoms with Gasteiger partial charge in [0.25, 0.3) is 0 Å². The molecule has 0 nitrogen and oxygen atoms in total. The van der Waals surface area contributed by atoms with Gasteiger partial charge in [-0.3, -0.25) is 0 Å². The van der Waals surface area contributed by atoms with E-state index >= 15 is 0 Å². The van der Waals surface area contributed by atoms with Gasteiger partial charge in [0.15, 0.2) is 0 Å². The van der Waals surface area contributed by atoms with E-state index in [4.69, 9.17) is 0 Å². The lowest BCUT2D eigenvalue weighted by atomic mass is 9.68. The molecule has 0 fully saturated rings. The minimum absolute atomic E-state index is 0.135. The van der Waals surface area contributed by atoms with Crippen LogP contribution >= 0.6 is 0 Å². The predicted molar refractivity (Wildman–Crippen MR) is 132 cm³/mol. The highest BCUT2D eigenvalue weighted by atomic mass is 14.5. The molecule has 0 aliphatic heterocycles. The zero-order valence-electron chi connectivity index (χ0n) is 17.6. The fourth-order valence-corrected chi connectivity index (χ4v) is 4.84. The summed E-state index contributed by atoms with van der Waals surface area (Å²) in [6.07, 6.45) is 8.21. The average molecular weight is 399 g/mol. The van der Waals surface area contributed by atoms with Crippen molar-refractivity contribution in [3.8, 4) is 0 Å².